The number of nitrogens with zero attached hydrogens (tertiary/aromatic N) is 1. The smallest absolute Gasteiger partial charge is 0.226 e. The normalized spacial score (nSPS) is 24.6. The zero-order valence-electron chi connectivity index (χ0n) is 13.1. The Morgan fingerprint density at radius 3 is 2.57 bits per heavy atom. The van der Waals surface area contributed by atoms with Crippen LogP contribution in [0.25, 0.3) is 0 Å². The molecule has 0 bridgehead atoms. The number of carbonyl (C=O) groups excluding carboxylic acids is 2. The Balaban J connectivity index is 1.81. The van der Waals surface area contributed by atoms with E-state index in [1.807, 2.05) is 18.0 Å². The van der Waals surface area contributed by atoms with E-state index in [9.17, 15) is 9.59 Å². The van der Waals surface area contributed by atoms with Crippen LogP contribution >= 0.6 is 0 Å². The fraction of sp³-hybridized carbons (Fsp3) is 0.765. The van der Waals surface area contributed by atoms with Crippen molar-refractivity contribution in [2.75, 3.05) is 13.6 Å². The number of nitrogens with one attached hydrogen (secondary N) is 1. The van der Waals surface area contributed by atoms with Gasteiger partial charge in [0.15, 0.2) is 0 Å². The third-order valence-electron chi connectivity index (χ3n) is 4.62. The van der Waals surface area contributed by atoms with Gasteiger partial charge in [-0.2, -0.15) is 0 Å². The third kappa shape index (κ3) is 4.58. The van der Waals surface area contributed by atoms with Gasteiger partial charge in [0.2, 0.25) is 11.8 Å². The van der Waals surface area contributed by atoms with Gasteiger partial charge in [-0.25, -0.2) is 0 Å². The Hall–Kier alpha value is -1.32. The topological polar surface area (TPSA) is 49.4 Å². The fourth-order valence-electron chi connectivity index (χ4n) is 3.14. The molecule has 2 aliphatic carbocycles. The minimum atomic E-state index is -0.104. The van der Waals surface area contributed by atoms with E-state index in [1.54, 1.807) is 0 Å². The molecule has 2 fully saturated rings. The molecule has 2 aliphatic rings. The number of hydrogen-bond donors (Lipinski definition) is 1. The molecule has 0 aliphatic heterocycles. The molecule has 0 aromatic rings. The number of allylic oxidation sites excluding steroid dienone is 1. The lowest BCUT2D eigenvalue weighted by molar-refractivity contribution is -0.139. The zero-order valence-corrected chi connectivity index (χ0v) is 13.1. The summed E-state index contributed by atoms with van der Waals surface area (Å²) < 4.78 is 0. The summed E-state index contributed by atoms with van der Waals surface area (Å²) in [6, 6.07) is 0.380. The quantitative estimate of drug-likeness (QED) is 0.552. The SMILES string of the molecule is C=CCCCCN(C)C(=O)[C@@H]1CCCC1C(=O)NC1CC1. The largest absolute Gasteiger partial charge is 0.353 e. The molecule has 4 heteroatoms. The molecular weight excluding hydrogens is 264 g/mol. The number of rotatable bonds is 8. The minimum absolute atomic E-state index is 0.103. The lowest BCUT2D eigenvalue weighted by Crippen LogP contribution is -2.41. The first kappa shape index (κ1) is 16.1. The van der Waals surface area contributed by atoms with Crippen molar-refractivity contribution in [2.24, 2.45) is 11.8 Å². The Labute approximate surface area is 128 Å². The van der Waals surface area contributed by atoms with E-state index in [0.29, 0.717) is 6.04 Å². The Bertz CT molecular complexity index is 390. The number of amides is 2. The van der Waals surface area contributed by atoms with Gasteiger partial charge in [0.25, 0.3) is 0 Å². The maximum Gasteiger partial charge on any atom is 0.226 e. The lowest BCUT2D eigenvalue weighted by Gasteiger charge is -2.24. The summed E-state index contributed by atoms with van der Waals surface area (Å²) in [5.74, 6) is 0.0531. The predicted octanol–water partition coefficient (Wildman–Crippen LogP) is 2.50. The Kier molecular flexibility index (Phi) is 5.83. The lowest BCUT2D eigenvalue weighted by atomic mass is 9.93. The molecule has 0 aromatic heterocycles. The van der Waals surface area contributed by atoms with Gasteiger partial charge < -0.3 is 10.2 Å². The van der Waals surface area contributed by atoms with Crippen LogP contribution in [0.2, 0.25) is 0 Å². The van der Waals surface area contributed by atoms with E-state index in [4.69, 9.17) is 0 Å². The van der Waals surface area contributed by atoms with Crippen LogP contribution in [0.3, 0.4) is 0 Å². The molecule has 2 rings (SSSR count). The van der Waals surface area contributed by atoms with Gasteiger partial charge in [0, 0.05) is 31.5 Å². The van der Waals surface area contributed by atoms with Crippen molar-refractivity contribution < 1.29 is 9.59 Å². The molecule has 118 valence electrons. The molecule has 0 spiro atoms. The monoisotopic (exact) mass is 292 g/mol. The Morgan fingerprint density at radius 2 is 1.90 bits per heavy atom. The van der Waals surface area contributed by atoms with E-state index in [1.165, 1.54) is 0 Å². The fourth-order valence-corrected chi connectivity index (χ4v) is 3.14. The average Bonchev–Trinajstić information content (AvgIpc) is 3.15. The summed E-state index contributed by atoms with van der Waals surface area (Å²) in [4.78, 5) is 26.6. The van der Waals surface area contributed by atoms with E-state index < -0.39 is 0 Å². The molecule has 21 heavy (non-hydrogen) atoms. The highest BCUT2D eigenvalue weighted by atomic mass is 16.2. The van der Waals surface area contributed by atoms with Crippen molar-refractivity contribution in [3.63, 3.8) is 0 Å². The van der Waals surface area contributed by atoms with Gasteiger partial charge in [0.1, 0.15) is 0 Å². The second kappa shape index (κ2) is 7.62. The molecule has 4 nitrogen and oxygen atoms in total. The molecule has 1 unspecified atom stereocenters. The average molecular weight is 292 g/mol. The zero-order chi connectivity index (χ0) is 15.2. The highest BCUT2D eigenvalue weighted by Gasteiger charge is 2.40. The highest BCUT2D eigenvalue weighted by Crippen LogP contribution is 2.34. The van der Waals surface area contributed by atoms with Crippen LogP contribution in [-0.2, 0) is 9.59 Å². The van der Waals surface area contributed by atoms with Crippen LogP contribution in [0.4, 0.5) is 0 Å². The minimum Gasteiger partial charge on any atom is -0.353 e. The molecule has 2 amide bonds. The van der Waals surface area contributed by atoms with Crippen molar-refractivity contribution in [1.82, 2.24) is 10.2 Å². The molecule has 1 N–H and O–H groups in total. The second-order valence-electron chi connectivity index (χ2n) is 6.47. The van der Waals surface area contributed by atoms with Gasteiger partial charge in [-0.15, -0.1) is 6.58 Å². The summed E-state index contributed by atoms with van der Waals surface area (Å²) in [6.45, 7) is 4.49. The van der Waals surface area contributed by atoms with Gasteiger partial charge >= 0.3 is 0 Å². The van der Waals surface area contributed by atoms with E-state index in [2.05, 4.69) is 11.9 Å². The van der Waals surface area contributed by atoms with Crippen molar-refractivity contribution in [3.05, 3.63) is 12.7 Å². The van der Waals surface area contributed by atoms with Crippen LogP contribution in [-0.4, -0.2) is 36.3 Å². The standard InChI is InChI=1S/C17H28N2O2/c1-3-4-5-6-12-19(2)17(21)15-9-7-8-14(15)16(20)18-13-10-11-13/h3,13-15H,1,4-12H2,2H3,(H,18,20)/t14?,15-/m1/s1. The number of carbonyl (C=O) groups is 2. The summed E-state index contributed by atoms with van der Waals surface area (Å²) in [6.07, 6.45) is 9.88. The van der Waals surface area contributed by atoms with Crippen molar-refractivity contribution >= 4 is 11.8 Å². The molecule has 0 radical (unpaired) electrons. The number of unbranched alkanes of at least 4 members (excludes halogenated alkanes) is 2. The summed E-state index contributed by atoms with van der Waals surface area (Å²) in [7, 11) is 1.87. The predicted molar refractivity (Wildman–Crippen MR) is 83.7 cm³/mol. The van der Waals surface area contributed by atoms with Crippen molar-refractivity contribution in [1.29, 1.82) is 0 Å². The molecule has 0 aromatic carbocycles. The van der Waals surface area contributed by atoms with Crippen molar-refractivity contribution in [2.45, 2.75) is 57.4 Å². The summed E-state index contributed by atoms with van der Waals surface area (Å²) >= 11 is 0. The number of hydrogen-bond acceptors (Lipinski definition) is 2. The van der Waals surface area contributed by atoms with Crippen LogP contribution in [0.5, 0.6) is 0 Å². The summed E-state index contributed by atoms with van der Waals surface area (Å²) in [5, 5.41) is 3.06. The van der Waals surface area contributed by atoms with Gasteiger partial charge in [0.05, 0.1) is 0 Å². The molecule has 2 saturated carbocycles. The Morgan fingerprint density at radius 1 is 1.19 bits per heavy atom. The first-order valence-electron chi connectivity index (χ1n) is 8.29. The van der Waals surface area contributed by atoms with E-state index in [-0.39, 0.29) is 23.7 Å². The highest BCUT2D eigenvalue weighted by molar-refractivity contribution is 5.88. The first-order chi connectivity index (χ1) is 10.1. The summed E-state index contributed by atoms with van der Waals surface area (Å²) in [5.41, 5.74) is 0. The molecule has 0 saturated heterocycles. The van der Waals surface area contributed by atoms with Crippen LogP contribution < -0.4 is 5.32 Å². The van der Waals surface area contributed by atoms with Gasteiger partial charge in [-0.3, -0.25) is 9.59 Å². The van der Waals surface area contributed by atoms with Gasteiger partial charge in [-0.05, 0) is 44.9 Å². The van der Waals surface area contributed by atoms with Crippen molar-refractivity contribution in [3.8, 4) is 0 Å². The van der Waals surface area contributed by atoms with Crippen LogP contribution in [0, 0.1) is 11.8 Å². The van der Waals surface area contributed by atoms with E-state index >= 15 is 0 Å². The third-order valence-corrected chi connectivity index (χ3v) is 4.62. The second-order valence-corrected chi connectivity index (χ2v) is 6.47. The maximum atomic E-state index is 12.6. The molecule has 0 heterocycles. The van der Waals surface area contributed by atoms with Crippen LogP contribution in [0.15, 0.2) is 12.7 Å². The molecule has 2 atom stereocenters. The van der Waals surface area contributed by atoms with Gasteiger partial charge in [-0.1, -0.05) is 12.5 Å². The molecular formula is C17H28N2O2. The first-order valence-corrected chi connectivity index (χ1v) is 8.29. The maximum absolute atomic E-state index is 12.6. The van der Waals surface area contributed by atoms with Crippen LogP contribution in [0.1, 0.15) is 51.4 Å². The van der Waals surface area contributed by atoms with E-state index in [0.717, 1.165) is 57.9 Å².